The first kappa shape index (κ1) is 24.9. The van der Waals surface area contributed by atoms with Crippen molar-refractivity contribution in [2.24, 2.45) is 5.92 Å². The van der Waals surface area contributed by atoms with Crippen molar-refractivity contribution in [2.75, 3.05) is 0 Å². The van der Waals surface area contributed by atoms with Crippen LogP contribution in [0.4, 0.5) is 0 Å². The van der Waals surface area contributed by atoms with E-state index in [2.05, 4.69) is 22.8 Å². The minimum Gasteiger partial charge on any atom is -0.350 e. The Morgan fingerprint density at radius 2 is 1.53 bits per heavy atom. The van der Waals surface area contributed by atoms with Gasteiger partial charge in [0.1, 0.15) is 6.04 Å². The highest BCUT2D eigenvalue weighted by Gasteiger charge is 2.25. The fraction of sp³-hybridized carbons (Fsp3) is 0.233. The number of carbonyl (C=O) groups is 2. The number of nitrogens with zero attached hydrogens (tertiary/aromatic N) is 2. The Balaban J connectivity index is 1.51. The summed E-state index contributed by atoms with van der Waals surface area (Å²) in [7, 11) is 0. The van der Waals surface area contributed by atoms with Gasteiger partial charge in [0.15, 0.2) is 0 Å². The lowest BCUT2D eigenvalue weighted by molar-refractivity contribution is -0.124. The average molecular weight is 481 g/mol. The molecule has 0 radical (unpaired) electrons. The maximum absolute atomic E-state index is 13.2. The molecule has 0 saturated heterocycles. The predicted octanol–water partition coefficient (Wildman–Crippen LogP) is 4.98. The van der Waals surface area contributed by atoms with Gasteiger partial charge in [0.2, 0.25) is 5.91 Å². The molecule has 4 aromatic rings. The summed E-state index contributed by atoms with van der Waals surface area (Å²) in [6.45, 7) is 6.68. The fourth-order valence-corrected chi connectivity index (χ4v) is 4.16. The molecule has 0 saturated carbocycles. The molecule has 0 aliphatic rings. The highest BCUT2D eigenvalue weighted by atomic mass is 16.2. The van der Waals surface area contributed by atoms with E-state index in [0.717, 1.165) is 27.9 Å². The van der Waals surface area contributed by atoms with Crippen LogP contribution in [-0.2, 0) is 17.9 Å². The average Bonchev–Trinajstić information content (AvgIpc) is 3.29. The summed E-state index contributed by atoms with van der Waals surface area (Å²) in [4.78, 5) is 26.1. The molecule has 6 heteroatoms. The van der Waals surface area contributed by atoms with E-state index in [4.69, 9.17) is 5.10 Å². The molecule has 36 heavy (non-hydrogen) atoms. The molecular weight excluding hydrogens is 448 g/mol. The molecule has 4 rings (SSSR count). The second kappa shape index (κ2) is 11.5. The van der Waals surface area contributed by atoms with Gasteiger partial charge in [0.05, 0.1) is 12.2 Å². The summed E-state index contributed by atoms with van der Waals surface area (Å²) in [5.41, 5.74) is 5.33. The number of hydrogen-bond acceptors (Lipinski definition) is 3. The van der Waals surface area contributed by atoms with Gasteiger partial charge in [-0.2, -0.15) is 5.10 Å². The smallest absolute Gasteiger partial charge is 0.252 e. The van der Waals surface area contributed by atoms with E-state index in [-0.39, 0.29) is 17.7 Å². The third-order valence-corrected chi connectivity index (χ3v) is 6.15. The van der Waals surface area contributed by atoms with Gasteiger partial charge in [0, 0.05) is 29.4 Å². The summed E-state index contributed by atoms with van der Waals surface area (Å²) in [5.74, 6) is -0.545. The van der Waals surface area contributed by atoms with Crippen LogP contribution in [0.1, 0.15) is 40.9 Å². The molecule has 1 unspecified atom stereocenters. The highest BCUT2D eigenvalue weighted by molar-refractivity contribution is 5.98. The molecule has 184 valence electrons. The van der Waals surface area contributed by atoms with Crippen LogP contribution in [0, 0.1) is 12.8 Å². The first-order chi connectivity index (χ1) is 17.4. The molecule has 0 fully saturated rings. The Hall–Kier alpha value is -4.19. The van der Waals surface area contributed by atoms with Crippen LogP contribution in [0.5, 0.6) is 0 Å². The molecule has 2 amide bonds. The van der Waals surface area contributed by atoms with Crippen LogP contribution in [0.3, 0.4) is 0 Å². The number of nitrogens with one attached hydrogen (secondary N) is 2. The van der Waals surface area contributed by atoms with Crippen LogP contribution in [0.2, 0.25) is 0 Å². The summed E-state index contributed by atoms with van der Waals surface area (Å²) < 4.78 is 1.90. The number of hydrogen-bond donors (Lipinski definition) is 2. The Kier molecular flexibility index (Phi) is 7.95. The van der Waals surface area contributed by atoms with E-state index in [9.17, 15) is 9.59 Å². The van der Waals surface area contributed by atoms with Crippen LogP contribution >= 0.6 is 0 Å². The van der Waals surface area contributed by atoms with Crippen LogP contribution < -0.4 is 10.6 Å². The predicted molar refractivity (Wildman–Crippen MR) is 142 cm³/mol. The van der Waals surface area contributed by atoms with Gasteiger partial charge in [-0.25, -0.2) is 0 Å². The van der Waals surface area contributed by atoms with Gasteiger partial charge >= 0.3 is 0 Å². The molecule has 0 aliphatic heterocycles. The maximum Gasteiger partial charge on any atom is 0.252 e. The monoisotopic (exact) mass is 480 g/mol. The second-order valence-corrected chi connectivity index (χ2v) is 9.28. The van der Waals surface area contributed by atoms with Crippen molar-refractivity contribution in [1.29, 1.82) is 0 Å². The summed E-state index contributed by atoms with van der Waals surface area (Å²) in [5, 5.41) is 10.8. The standard InChI is InChI=1S/C30H32N4O2/c1-21(2)27(32-29(35)26-17-11-10-12-22(26)3)30(36)31-18-25-20-34(19-23-13-6-4-7-14-23)33-28(25)24-15-8-5-9-16-24/h4-17,20-21,27H,18-19H2,1-3H3,(H,31,36)(H,32,35). The molecule has 2 N–H and O–H groups in total. The SMILES string of the molecule is Cc1ccccc1C(=O)NC(C(=O)NCc1cn(Cc2ccccc2)nc1-c1ccccc1)C(C)C. The first-order valence-electron chi connectivity index (χ1n) is 12.2. The number of amides is 2. The number of aryl methyl sites for hydroxylation is 1. The van der Waals surface area contributed by atoms with E-state index in [0.29, 0.717) is 18.7 Å². The number of rotatable bonds is 9. The van der Waals surface area contributed by atoms with Gasteiger partial charge < -0.3 is 10.6 Å². The van der Waals surface area contributed by atoms with Crippen LogP contribution in [0.15, 0.2) is 91.1 Å². The third kappa shape index (κ3) is 6.08. The van der Waals surface area contributed by atoms with Crippen LogP contribution in [0.25, 0.3) is 11.3 Å². The lowest BCUT2D eigenvalue weighted by Gasteiger charge is -2.22. The number of benzene rings is 3. The maximum atomic E-state index is 13.2. The van der Waals surface area contributed by atoms with Crippen molar-refractivity contribution in [2.45, 2.75) is 39.9 Å². The molecule has 3 aromatic carbocycles. The zero-order valence-corrected chi connectivity index (χ0v) is 20.9. The second-order valence-electron chi connectivity index (χ2n) is 9.28. The highest BCUT2D eigenvalue weighted by Crippen LogP contribution is 2.22. The minimum absolute atomic E-state index is 0.0765. The van der Waals surface area contributed by atoms with E-state index >= 15 is 0 Å². The van der Waals surface area contributed by atoms with Crippen molar-refractivity contribution in [1.82, 2.24) is 20.4 Å². The zero-order valence-electron chi connectivity index (χ0n) is 20.9. The van der Waals surface area contributed by atoms with E-state index < -0.39 is 6.04 Å². The zero-order chi connectivity index (χ0) is 25.5. The largest absolute Gasteiger partial charge is 0.350 e. The number of carbonyl (C=O) groups excluding carboxylic acids is 2. The van der Waals surface area contributed by atoms with Crippen LogP contribution in [-0.4, -0.2) is 27.6 Å². The van der Waals surface area contributed by atoms with Gasteiger partial charge in [-0.05, 0) is 30.0 Å². The Bertz CT molecular complexity index is 1310. The lowest BCUT2D eigenvalue weighted by atomic mass is 10.0. The molecule has 0 bridgehead atoms. The van der Waals surface area contributed by atoms with Crippen molar-refractivity contribution in [3.05, 3.63) is 113 Å². The molecule has 1 heterocycles. The Morgan fingerprint density at radius 3 is 2.19 bits per heavy atom. The minimum atomic E-state index is -0.656. The summed E-state index contributed by atoms with van der Waals surface area (Å²) in [6, 6.07) is 26.8. The van der Waals surface area contributed by atoms with Gasteiger partial charge in [-0.1, -0.05) is 92.7 Å². The molecule has 1 atom stereocenters. The molecule has 0 spiro atoms. The number of aromatic nitrogens is 2. The van der Waals surface area contributed by atoms with E-state index in [1.54, 1.807) is 6.07 Å². The van der Waals surface area contributed by atoms with Crippen molar-refractivity contribution < 1.29 is 9.59 Å². The summed E-state index contributed by atoms with van der Waals surface area (Å²) >= 11 is 0. The van der Waals surface area contributed by atoms with Gasteiger partial charge in [-0.3, -0.25) is 14.3 Å². The molecule has 1 aromatic heterocycles. The first-order valence-corrected chi connectivity index (χ1v) is 12.2. The third-order valence-electron chi connectivity index (χ3n) is 6.15. The Labute approximate surface area is 212 Å². The van der Waals surface area contributed by atoms with Crippen molar-refractivity contribution >= 4 is 11.8 Å². The quantitative estimate of drug-likeness (QED) is 0.355. The van der Waals surface area contributed by atoms with E-state index in [1.165, 1.54) is 0 Å². The van der Waals surface area contributed by atoms with Crippen molar-refractivity contribution in [3.8, 4) is 11.3 Å². The lowest BCUT2D eigenvalue weighted by Crippen LogP contribution is -2.49. The normalized spacial score (nSPS) is 11.8. The molecular formula is C30H32N4O2. The molecule has 0 aliphatic carbocycles. The molecule has 6 nitrogen and oxygen atoms in total. The van der Waals surface area contributed by atoms with E-state index in [1.807, 2.05) is 98.4 Å². The topological polar surface area (TPSA) is 76.0 Å². The summed E-state index contributed by atoms with van der Waals surface area (Å²) in [6.07, 6.45) is 1.98. The van der Waals surface area contributed by atoms with Crippen molar-refractivity contribution in [3.63, 3.8) is 0 Å². The fourth-order valence-electron chi connectivity index (χ4n) is 4.16. The van der Waals surface area contributed by atoms with Gasteiger partial charge in [0.25, 0.3) is 5.91 Å². The van der Waals surface area contributed by atoms with Gasteiger partial charge in [-0.15, -0.1) is 0 Å². The Morgan fingerprint density at radius 1 is 0.889 bits per heavy atom.